The number of aliphatic hydroxyl groups excluding tert-OH is 1. The van der Waals surface area contributed by atoms with Crippen LogP contribution in [0.2, 0.25) is 0 Å². The van der Waals surface area contributed by atoms with Crippen molar-refractivity contribution in [2.24, 2.45) is 5.73 Å². The van der Waals surface area contributed by atoms with Gasteiger partial charge in [-0.3, -0.25) is 0 Å². The number of urea groups is 1. The lowest BCUT2D eigenvalue weighted by molar-refractivity contribution is 0.108. The first-order valence-corrected chi connectivity index (χ1v) is 4.57. The smallest absolute Gasteiger partial charge is 0.312 e. The number of ether oxygens (including phenoxy) is 1. The molecule has 0 aliphatic rings. The normalized spacial score (nSPS) is 11.8. The highest BCUT2D eigenvalue weighted by molar-refractivity contribution is 5.71. The molecule has 0 saturated carbocycles. The monoisotopic (exact) mass is 210 g/mol. The quantitative estimate of drug-likeness (QED) is 0.644. The van der Waals surface area contributed by atoms with Crippen LogP contribution in [0.25, 0.3) is 0 Å². The van der Waals surface area contributed by atoms with Crippen molar-refractivity contribution in [2.45, 2.75) is 6.10 Å². The SMILES string of the molecule is NC(=O)NCC(O)COc1ccccc1. The first-order valence-electron chi connectivity index (χ1n) is 4.57. The Morgan fingerprint density at radius 2 is 2.13 bits per heavy atom. The molecule has 0 heterocycles. The van der Waals surface area contributed by atoms with Gasteiger partial charge in [0.15, 0.2) is 0 Å². The Labute approximate surface area is 87.9 Å². The van der Waals surface area contributed by atoms with E-state index in [-0.39, 0.29) is 13.2 Å². The summed E-state index contributed by atoms with van der Waals surface area (Å²) in [5.74, 6) is 0.677. The topological polar surface area (TPSA) is 84.6 Å². The predicted octanol–water partition coefficient (Wildman–Crippen LogP) is 0.0946. The number of primary amides is 1. The predicted molar refractivity (Wildman–Crippen MR) is 55.5 cm³/mol. The summed E-state index contributed by atoms with van der Waals surface area (Å²) in [5.41, 5.74) is 4.85. The standard InChI is InChI=1S/C10H14N2O3/c11-10(14)12-6-8(13)7-15-9-4-2-1-3-5-9/h1-5,8,13H,6-7H2,(H3,11,12,14). The molecule has 0 bridgehead atoms. The third-order valence-corrected chi connectivity index (χ3v) is 1.70. The van der Waals surface area contributed by atoms with Gasteiger partial charge in [0.25, 0.3) is 0 Å². The van der Waals surface area contributed by atoms with Gasteiger partial charge in [0.1, 0.15) is 18.5 Å². The maximum atomic E-state index is 10.3. The summed E-state index contributed by atoms with van der Waals surface area (Å²) >= 11 is 0. The highest BCUT2D eigenvalue weighted by Crippen LogP contribution is 2.08. The van der Waals surface area contributed by atoms with Crippen LogP contribution < -0.4 is 15.8 Å². The van der Waals surface area contributed by atoms with E-state index in [1.165, 1.54) is 0 Å². The summed E-state index contributed by atoms with van der Waals surface area (Å²) in [6.45, 7) is 0.201. The fraction of sp³-hybridized carbons (Fsp3) is 0.300. The molecule has 1 unspecified atom stereocenters. The fourth-order valence-corrected chi connectivity index (χ4v) is 0.986. The summed E-state index contributed by atoms with van der Waals surface area (Å²) in [5, 5.41) is 11.7. The van der Waals surface area contributed by atoms with Crippen molar-refractivity contribution < 1.29 is 14.6 Å². The Morgan fingerprint density at radius 3 is 2.73 bits per heavy atom. The van der Waals surface area contributed by atoms with Crippen LogP contribution in [0.4, 0.5) is 4.79 Å². The van der Waals surface area contributed by atoms with Crippen molar-refractivity contribution >= 4 is 6.03 Å². The number of nitrogens with two attached hydrogens (primary N) is 1. The largest absolute Gasteiger partial charge is 0.491 e. The second kappa shape index (κ2) is 5.87. The second-order valence-electron chi connectivity index (χ2n) is 3.02. The summed E-state index contributed by atoms with van der Waals surface area (Å²) in [4.78, 5) is 10.3. The van der Waals surface area contributed by atoms with Gasteiger partial charge in [-0.05, 0) is 12.1 Å². The highest BCUT2D eigenvalue weighted by atomic mass is 16.5. The van der Waals surface area contributed by atoms with E-state index in [0.29, 0.717) is 5.75 Å². The Kier molecular flexibility index (Phi) is 4.43. The Hall–Kier alpha value is -1.75. The minimum absolute atomic E-state index is 0.0855. The number of para-hydroxylation sites is 1. The molecular weight excluding hydrogens is 196 g/mol. The van der Waals surface area contributed by atoms with Crippen molar-refractivity contribution in [2.75, 3.05) is 13.2 Å². The number of rotatable bonds is 5. The van der Waals surface area contributed by atoms with Crippen LogP contribution in [0, 0.1) is 0 Å². The molecule has 0 aliphatic carbocycles. The van der Waals surface area contributed by atoms with Crippen LogP contribution >= 0.6 is 0 Å². The van der Waals surface area contributed by atoms with Gasteiger partial charge >= 0.3 is 6.03 Å². The first kappa shape index (κ1) is 11.3. The molecule has 82 valence electrons. The third-order valence-electron chi connectivity index (χ3n) is 1.70. The van der Waals surface area contributed by atoms with Gasteiger partial charge in [-0.1, -0.05) is 18.2 Å². The van der Waals surface area contributed by atoms with E-state index in [2.05, 4.69) is 5.32 Å². The summed E-state index contributed by atoms with van der Waals surface area (Å²) in [7, 11) is 0. The fourth-order valence-electron chi connectivity index (χ4n) is 0.986. The molecule has 1 aromatic carbocycles. The zero-order valence-electron chi connectivity index (χ0n) is 8.22. The minimum Gasteiger partial charge on any atom is -0.491 e. The molecule has 5 heteroatoms. The van der Waals surface area contributed by atoms with Crippen molar-refractivity contribution in [1.82, 2.24) is 5.32 Å². The molecule has 0 radical (unpaired) electrons. The number of aliphatic hydroxyl groups is 1. The second-order valence-corrected chi connectivity index (χ2v) is 3.02. The molecule has 0 saturated heterocycles. The molecule has 15 heavy (non-hydrogen) atoms. The van der Waals surface area contributed by atoms with Gasteiger partial charge in [0.2, 0.25) is 0 Å². The van der Waals surface area contributed by atoms with E-state index in [1.807, 2.05) is 18.2 Å². The molecule has 1 atom stereocenters. The van der Waals surface area contributed by atoms with E-state index >= 15 is 0 Å². The lowest BCUT2D eigenvalue weighted by atomic mass is 10.3. The molecule has 1 rings (SSSR count). The maximum Gasteiger partial charge on any atom is 0.312 e. The zero-order valence-corrected chi connectivity index (χ0v) is 8.22. The molecule has 0 spiro atoms. The molecule has 0 aliphatic heterocycles. The van der Waals surface area contributed by atoms with Crippen LogP contribution in [0.5, 0.6) is 5.75 Å². The van der Waals surface area contributed by atoms with E-state index in [0.717, 1.165) is 0 Å². The minimum atomic E-state index is -0.766. The van der Waals surface area contributed by atoms with Crippen LogP contribution in [-0.4, -0.2) is 30.4 Å². The number of hydrogen-bond donors (Lipinski definition) is 3. The van der Waals surface area contributed by atoms with Crippen molar-refractivity contribution in [3.8, 4) is 5.75 Å². The van der Waals surface area contributed by atoms with Gasteiger partial charge in [-0.25, -0.2) is 4.79 Å². The lowest BCUT2D eigenvalue weighted by Crippen LogP contribution is -2.38. The highest BCUT2D eigenvalue weighted by Gasteiger charge is 2.05. The number of amides is 2. The van der Waals surface area contributed by atoms with Crippen molar-refractivity contribution in [3.05, 3.63) is 30.3 Å². The molecule has 0 fully saturated rings. The molecule has 1 aromatic rings. The lowest BCUT2D eigenvalue weighted by Gasteiger charge is -2.12. The van der Waals surface area contributed by atoms with E-state index in [9.17, 15) is 9.90 Å². The Balaban J connectivity index is 2.22. The van der Waals surface area contributed by atoms with Gasteiger partial charge in [-0.2, -0.15) is 0 Å². The average molecular weight is 210 g/mol. The summed E-state index contributed by atoms with van der Waals surface area (Å²) in [6, 6.07) is 8.46. The van der Waals surface area contributed by atoms with E-state index < -0.39 is 12.1 Å². The van der Waals surface area contributed by atoms with Gasteiger partial charge < -0.3 is 20.9 Å². The van der Waals surface area contributed by atoms with E-state index in [1.54, 1.807) is 12.1 Å². The van der Waals surface area contributed by atoms with Crippen LogP contribution in [0.15, 0.2) is 30.3 Å². The van der Waals surface area contributed by atoms with Gasteiger partial charge in [0.05, 0.1) is 0 Å². The third kappa shape index (κ3) is 4.87. The molecule has 4 N–H and O–H groups in total. The Morgan fingerprint density at radius 1 is 1.47 bits per heavy atom. The van der Waals surface area contributed by atoms with Crippen molar-refractivity contribution in [3.63, 3.8) is 0 Å². The van der Waals surface area contributed by atoms with Crippen LogP contribution in [0.3, 0.4) is 0 Å². The number of hydrogen-bond acceptors (Lipinski definition) is 3. The molecule has 0 aromatic heterocycles. The van der Waals surface area contributed by atoms with Gasteiger partial charge in [0, 0.05) is 6.54 Å². The number of benzene rings is 1. The average Bonchev–Trinajstić information content (AvgIpc) is 2.25. The number of carbonyl (C=O) groups is 1. The Bertz CT molecular complexity index is 303. The van der Waals surface area contributed by atoms with Crippen LogP contribution in [-0.2, 0) is 0 Å². The molecule has 5 nitrogen and oxygen atoms in total. The van der Waals surface area contributed by atoms with Crippen LogP contribution in [0.1, 0.15) is 0 Å². The maximum absolute atomic E-state index is 10.3. The zero-order chi connectivity index (χ0) is 11.1. The van der Waals surface area contributed by atoms with E-state index in [4.69, 9.17) is 10.5 Å². The number of carbonyl (C=O) groups excluding carboxylic acids is 1. The summed E-state index contributed by atoms with van der Waals surface area (Å²) in [6.07, 6.45) is -0.766. The molecule has 2 amide bonds. The number of nitrogens with one attached hydrogen (secondary N) is 1. The first-order chi connectivity index (χ1) is 7.18. The van der Waals surface area contributed by atoms with Crippen molar-refractivity contribution in [1.29, 1.82) is 0 Å². The molecular formula is C10H14N2O3. The summed E-state index contributed by atoms with van der Waals surface area (Å²) < 4.78 is 5.26. The van der Waals surface area contributed by atoms with Gasteiger partial charge in [-0.15, -0.1) is 0 Å².